The summed E-state index contributed by atoms with van der Waals surface area (Å²) in [5.41, 5.74) is 0.432. The van der Waals surface area contributed by atoms with Gasteiger partial charge >= 0.3 is 0 Å². The van der Waals surface area contributed by atoms with Crippen LogP contribution in [0.15, 0.2) is 77.3 Å². The predicted octanol–water partition coefficient (Wildman–Crippen LogP) is 4.71. The Labute approximate surface area is 180 Å². The highest BCUT2D eigenvalue weighted by Crippen LogP contribution is 2.31. The summed E-state index contributed by atoms with van der Waals surface area (Å²) < 4.78 is 10.7. The van der Waals surface area contributed by atoms with Gasteiger partial charge in [-0.15, -0.1) is 0 Å². The number of phenols is 2. The second kappa shape index (κ2) is 8.48. The van der Waals surface area contributed by atoms with Crippen LogP contribution in [0.2, 0.25) is 0 Å². The van der Waals surface area contributed by atoms with Crippen LogP contribution in [-0.4, -0.2) is 26.2 Å². The minimum Gasteiger partial charge on any atom is -0.508 e. The number of nitrogens with zero attached hydrogens (tertiary/aromatic N) is 2. The van der Waals surface area contributed by atoms with E-state index in [-0.39, 0.29) is 40.1 Å². The number of benzene rings is 3. The van der Waals surface area contributed by atoms with Gasteiger partial charge in [-0.3, -0.25) is 14.9 Å². The van der Waals surface area contributed by atoms with Gasteiger partial charge in [0.2, 0.25) is 5.76 Å². The second-order valence-electron chi connectivity index (χ2n) is 6.62. The molecule has 0 saturated carbocycles. The fourth-order valence-electron chi connectivity index (χ4n) is 2.86. The molecular weight excluding hydrogens is 418 g/mol. The number of non-ortho nitro benzene ring substituents is 1. The highest BCUT2D eigenvalue weighted by Gasteiger charge is 2.18. The molecule has 0 unspecified atom stereocenters. The fourth-order valence-corrected chi connectivity index (χ4v) is 2.86. The SMILES string of the molecule is O=C(Nc1cc(Oc2ccc(O)cc2)cc([N+](=O)[O-])c1)c1cc(-c2ccccc2O)no1. The maximum Gasteiger partial charge on any atom is 0.294 e. The van der Waals surface area contributed by atoms with Gasteiger partial charge in [0.25, 0.3) is 11.6 Å². The number of nitrogens with one attached hydrogen (secondary N) is 1. The molecule has 0 atom stereocenters. The first kappa shape index (κ1) is 20.4. The van der Waals surface area contributed by atoms with E-state index >= 15 is 0 Å². The molecular formula is C22H15N3O7. The van der Waals surface area contributed by atoms with Gasteiger partial charge in [0.15, 0.2) is 0 Å². The molecule has 10 nitrogen and oxygen atoms in total. The Balaban J connectivity index is 1.57. The highest BCUT2D eigenvalue weighted by molar-refractivity contribution is 6.03. The molecule has 0 aliphatic heterocycles. The summed E-state index contributed by atoms with van der Waals surface area (Å²) in [7, 11) is 0. The summed E-state index contributed by atoms with van der Waals surface area (Å²) in [6.07, 6.45) is 0. The average molecular weight is 433 g/mol. The Morgan fingerprint density at radius 1 is 1.00 bits per heavy atom. The molecule has 0 bridgehead atoms. The summed E-state index contributed by atoms with van der Waals surface area (Å²) in [5.74, 6) is -0.399. The minimum absolute atomic E-state index is 0.0255. The number of carbonyl (C=O) groups excluding carboxylic acids is 1. The molecule has 0 radical (unpaired) electrons. The van der Waals surface area contributed by atoms with Crippen LogP contribution < -0.4 is 10.1 Å². The van der Waals surface area contributed by atoms with Crippen LogP contribution in [0.25, 0.3) is 11.3 Å². The summed E-state index contributed by atoms with van der Waals surface area (Å²) in [5, 5.41) is 36.9. The Hall–Kier alpha value is -4.86. The normalized spacial score (nSPS) is 10.5. The third kappa shape index (κ3) is 4.49. The van der Waals surface area contributed by atoms with E-state index < -0.39 is 10.8 Å². The van der Waals surface area contributed by atoms with Crippen molar-refractivity contribution < 1.29 is 29.2 Å². The first-order chi connectivity index (χ1) is 15.4. The first-order valence-corrected chi connectivity index (χ1v) is 9.22. The van der Waals surface area contributed by atoms with Gasteiger partial charge < -0.3 is 24.8 Å². The number of hydrogen-bond acceptors (Lipinski definition) is 8. The number of amides is 1. The van der Waals surface area contributed by atoms with E-state index in [1.54, 1.807) is 18.2 Å². The van der Waals surface area contributed by atoms with Crippen molar-refractivity contribution in [3.05, 3.63) is 88.7 Å². The lowest BCUT2D eigenvalue weighted by molar-refractivity contribution is -0.384. The highest BCUT2D eigenvalue weighted by atomic mass is 16.6. The third-order valence-electron chi connectivity index (χ3n) is 4.35. The monoisotopic (exact) mass is 433 g/mol. The molecule has 32 heavy (non-hydrogen) atoms. The van der Waals surface area contributed by atoms with Crippen molar-refractivity contribution in [2.45, 2.75) is 0 Å². The van der Waals surface area contributed by atoms with E-state index in [1.165, 1.54) is 54.6 Å². The molecule has 0 aliphatic carbocycles. The maximum atomic E-state index is 12.6. The topological polar surface area (TPSA) is 148 Å². The zero-order valence-corrected chi connectivity index (χ0v) is 16.3. The molecule has 3 N–H and O–H groups in total. The number of para-hydroxylation sites is 1. The van der Waals surface area contributed by atoms with Crippen LogP contribution >= 0.6 is 0 Å². The molecule has 0 saturated heterocycles. The van der Waals surface area contributed by atoms with Gasteiger partial charge in [-0.25, -0.2) is 0 Å². The smallest absolute Gasteiger partial charge is 0.294 e. The number of phenolic OH excluding ortho intramolecular Hbond substituents is 2. The van der Waals surface area contributed by atoms with Crippen molar-refractivity contribution >= 4 is 17.3 Å². The fraction of sp³-hybridized carbons (Fsp3) is 0. The second-order valence-corrected chi connectivity index (χ2v) is 6.62. The number of anilines is 1. The number of rotatable bonds is 6. The molecule has 0 spiro atoms. The van der Waals surface area contributed by atoms with Crippen LogP contribution in [0.5, 0.6) is 23.0 Å². The number of nitro benzene ring substituents is 1. The zero-order chi connectivity index (χ0) is 22.7. The largest absolute Gasteiger partial charge is 0.508 e. The first-order valence-electron chi connectivity index (χ1n) is 9.22. The number of hydrogen-bond donors (Lipinski definition) is 3. The van der Waals surface area contributed by atoms with E-state index in [9.17, 15) is 25.1 Å². The Kier molecular flexibility index (Phi) is 5.41. The summed E-state index contributed by atoms with van der Waals surface area (Å²) in [4.78, 5) is 23.3. The lowest BCUT2D eigenvalue weighted by atomic mass is 10.1. The van der Waals surface area contributed by atoms with Crippen molar-refractivity contribution in [2.24, 2.45) is 0 Å². The van der Waals surface area contributed by atoms with Crippen LogP contribution in [0.1, 0.15) is 10.6 Å². The Morgan fingerprint density at radius 2 is 1.75 bits per heavy atom. The van der Waals surface area contributed by atoms with Gasteiger partial charge in [0.1, 0.15) is 28.7 Å². The number of aromatic nitrogens is 1. The van der Waals surface area contributed by atoms with Crippen LogP contribution in [-0.2, 0) is 0 Å². The van der Waals surface area contributed by atoms with Gasteiger partial charge in [0.05, 0.1) is 16.7 Å². The maximum absolute atomic E-state index is 12.6. The van der Waals surface area contributed by atoms with Gasteiger partial charge in [-0.2, -0.15) is 0 Å². The predicted molar refractivity (Wildman–Crippen MR) is 113 cm³/mol. The molecule has 0 fully saturated rings. The number of aromatic hydroxyl groups is 2. The summed E-state index contributed by atoms with van der Waals surface area (Å²) >= 11 is 0. The van der Waals surface area contributed by atoms with E-state index in [0.717, 1.165) is 0 Å². The zero-order valence-electron chi connectivity index (χ0n) is 16.3. The molecule has 160 valence electrons. The quantitative estimate of drug-likeness (QED) is 0.293. The van der Waals surface area contributed by atoms with Crippen LogP contribution in [0, 0.1) is 10.1 Å². The van der Waals surface area contributed by atoms with Crippen molar-refractivity contribution in [3.8, 4) is 34.3 Å². The lowest BCUT2D eigenvalue weighted by Crippen LogP contribution is -2.11. The summed E-state index contributed by atoms with van der Waals surface area (Å²) in [6, 6.07) is 17.3. The third-order valence-corrected chi connectivity index (χ3v) is 4.35. The average Bonchev–Trinajstić information content (AvgIpc) is 3.26. The van der Waals surface area contributed by atoms with Gasteiger partial charge in [0, 0.05) is 23.8 Å². The van der Waals surface area contributed by atoms with Crippen molar-refractivity contribution in [2.75, 3.05) is 5.32 Å². The number of carbonyl (C=O) groups is 1. The Bertz CT molecular complexity index is 1300. The molecule has 1 amide bonds. The molecule has 4 aromatic rings. The van der Waals surface area contributed by atoms with E-state index in [0.29, 0.717) is 11.3 Å². The van der Waals surface area contributed by atoms with E-state index in [1.807, 2.05) is 0 Å². The standard InChI is InChI=1S/C22H15N3O7/c26-15-5-7-16(8-6-15)31-17-10-13(9-14(11-17)25(29)30)23-22(28)21-12-19(24-32-21)18-3-1-2-4-20(18)27/h1-12,26-27H,(H,23,28). The Morgan fingerprint density at radius 3 is 2.47 bits per heavy atom. The molecule has 1 heterocycles. The van der Waals surface area contributed by atoms with Crippen molar-refractivity contribution in [3.63, 3.8) is 0 Å². The van der Waals surface area contributed by atoms with Crippen LogP contribution in [0.4, 0.5) is 11.4 Å². The van der Waals surface area contributed by atoms with Crippen molar-refractivity contribution in [1.29, 1.82) is 0 Å². The van der Waals surface area contributed by atoms with E-state index in [2.05, 4.69) is 10.5 Å². The molecule has 0 aliphatic rings. The molecule has 10 heteroatoms. The van der Waals surface area contributed by atoms with Gasteiger partial charge in [-0.05, 0) is 36.4 Å². The molecule has 4 rings (SSSR count). The minimum atomic E-state index is -0.699. The lowest BCUT2D eigenvalue weighted by Gasteiger charge is -2.09. The van der Waals surface area contributed by atoms with Crippen LogP contribution in [0.3, 0.4) is 0 Å². The number of ether oxygens (including phenoxy) is 1. The van der Waals surface area contributed by atoms with Crippen molar-refractivity contribution in [1.82, 2.24) is 5.16 Å². The number of nitro groups is 1. The van der Waals surface area contributed by atoms with E-state index in [4.69, 9.17) is 9.26 Å². The summed E-state index contributed by atoms with van der Waals surface area (Å²) in [6.45, 7) is 0. The molecule has 3 aromatic carbocycles. The molecule has 1 aromatic heterocycles. The van der Waals surface area contributed by atoms with Gasteiger partial charge in [-0.1, -0.05) is 17.3 Å².